The number of carbonyl (C=O) groups is 1. The standard InChI is InChI=1S/C10H8N2O2/c1-2-7-3-6-5-12-8(10(11)13)4-9(6)14-7/h2-5H,1H2,(H2,11,13). The number of hydrogen-bond donors (Lipinski definition) is 1. The van der Waals surface area contributed by atoms with Crippen molar-refractivity contribution in [3.8, 4) is 0 Å². The third-order valence-corrected chi connectivity index (χ3v) is 1.87. The molecule has 0 radical (unpaired) electrons. The van der Waals surface area contributed by atoms with Gasteiger partial charge in [0.1, 0.15) is 17.0 Å². The van der Waals surface area contributed by atoms with Crippen LogP contribution in [-0.2, 0) is 0 Å². The summed E-state index contributed by atoms with van der Waals surface area (Å²) in [6, 6.07) is 3.31. The van der Waals surface area contributed by atoms with Crippen molar-refractivity contribution in [2.45, 2.75) is 0 Å². The molecule has 2 aromatic rings. The van der Waals surface area contributed by atoms with Crippen LogP contribution >= 0.6 is 0 Å². The van der Waals surface area contributed by atoms with Gasteiger partial charge in [0.25, 0.3) is 5.91 Å². The summed E-state index contributed by atoms with van der Waals surface area (Å²) in [5, 5.41) is 0.824. The fourth-order valence-electron chi connectivity index (χ4n) is 1.19. The molecule has 4 nitrogen and oxygen atoms in total. The number of nitrogens with zero attached hydrogens (tertiary/aromatic N) is 1. The number of nitrogens with two attached hydrogens (primary N) is 1. The quantitative estimate of drug-likeness (QED) is 0.777. The summed E-state index contributed by atoms with van der Waals surface area (Å²) in [6.45, 7) is 3.58. The Morgan fingerprint density at radius 3 is 3.00 bits per heavy atom. The lowest BCUT2D eigenvalue weighted by Gasteiger charge is -1.92. The number of pyridine rings is 1. The van der Waals surface area contributed by atoms with Crippen molar-refractivity contribution in [2.75, 3.05) is 0 Å². The number of aromatic nitrogens is 1. The number of carbonyl (C=O) groups excluding carboxylic acids is 1. The number of amides is 1. The highest BCUT2D eigenvalue weighted by Crippen LogP contribution is 2.19. The summed E-state index contributed by atoms with van der Waals surface area (Å²) >= 11 is 0. The average molecular weight is 188 g/mol. The van der Waals surface area contributed by atoms with E-state index in [2.05, 4.69) is 11.6 Å². The predicted octanol–water partition coefficient (Wildman–Crippen LogP) is 1.57. The Balaban J connectivity index is 2.65. The van der Waals surface area contributed by atoms with E-state index in [4.69, 9.17) is 10.2 Å². The monoisotopic (exact) mass is 188 g/mol. The first kappa shape index (κ1) is 8.50. The van der Waals surface area contributed by atoms with Gasteiger partial charge < -0.3 is 10.2 Å². The summed E-state index contributed by atoms with van der Waals surface area (Å²) < 4.78 is 5.34. The molecule has 2 heterocycles. The molecule has 4 heteroatoms. The Hall–Kier alpha value is -2.10. The maximum atomic E-state index is 10.8. The molecule has 70 valence electrons. The smallest absolute Gasteiger partial charge is 0.267 e. The molecule has 0 unspecified atom stereocenters. The van der Waals surface area contributed by atoms with E-state index in [0.717, 1.165) is 5.39 Å². The van der Waals surface area contributed by atoms with Gasteiger partial charge in [0.15, 0.2) is 0 Å². The maximum Gasteiger partial charge on any atom is 0.267 e. The number of rotatable bonds is 2. The van der Waals surface area contributed by atoms with Gasteiger partial charge in [-0.1, -0.05) is 6.58 Å². The average Bonchev–Trinajstić information content (AvgIpc) is 2.58. The van der Waals surface area contributed by atoms with Gasteiger partial charge >= 0.3 is 0 Å². The summed E-state index contributed by atoms with van der Waals surface area (Å²) in [5.74, 6) is 0.0758. The van der Waals surface area contributed by atoms with Crippen LogP contribution in [0.4, 0.5) is 0 Å². The van der Waals surface area contributed by atoms with Crippen molar-refractivity contribution >= 4 is 23.0 Å². The molecular weight excluding hydrogens is 180 g/mol. The molecule has 2 rings (SSSR count). The third kappa shape index (κ3) is 1.26. The molecule has 14 heavy (non-hydrogen) atoms. The topological polar surface area (TPSA) is 69.1 Å². The van der Waals surface area contributed by atoms with Crippen molar-refractivity contribution in [3.05, 3.63) is 36.4 Å². The first-order valence-corrected chi connectivity index (χ1v) is 4.02. The summed E-state index contributed by atoms with van der Waals surface area (Å²) in [6.07, 6.45) is 3.13. The number of hydrogen-bond acceptors (Lipinski definition) is 3. The van der Waals surface area contributed by atoms with E-state index in [-0.39, 0.29) is 5.69 Å². The highest BCUT2D eigenvalue weighted by molar-refractivity contribution is 5.94. The molecule has 2 N–H and O–H groups in total. The largest absolute Gasteiger partial charge is 0.457 e. The van der Waals surface area contributed by atoms with Crippen LogP contribution in [0.2, 0.25) is 0 Å². The minimum absolute atomic E-state index is 0.197. The summed E-state index contributed by atoms with van der Waals surface area (Å²) in [5.41, 5.74) is 5.86. The first-order chi connectivity index (χ1) is 6.70. The maximum absolute atomic E-state index is 10.8. The van der Waals surface area contributed by atoms with Crippen LogP contribution in [0.3, 0.4) is 0 Å². The summed E-state index contributed by atoms with van der Waals surface area (Å²) in [4.78, 5) is 14.7. The van der Waals surface area contributed by atoms with Crippen LogP contribution in [0.5, 0.6) is 0 Å². The van der Waals surface area contributed by atoms with E-state index in [0.29, 0.717) is 11.3 Å². The molecule has 0 aliphatic heterocycles. The SMILES string of the molecule is C=Cc1cc2cnc(C(N)=O)cc2o1. The third-order valence-electron chi connectivity index (χ3n) is 1.87. The van der Waals surface area contributed by atoms with Crippen molar-refractivity contribution in [2.24, 2.45) is 5.73 Å². The lowest BCUT2D eigenvalue weighted by molar-refractivity contribution is 0.0995. The van der Waals surface area contributed by atoms with Gasteiger partial charge in [-0.25, -0.2) is 0 Å². The molecule has 0 fully saturated rings. The predicted molar refractivity (Wildman–Crippen MR) is 52.6 cm³/mol. The molecule has 0 saturated carbocycles. The lowest BCUT2D eigenvalue weighted by Crippen LogP contribution is -2.12. The van der Waals surface area contributed by atoms with E-state index in [1.807, 2.05) is 0 Å². The molecule has 0 aromatic carbocycles. The van der Waals surface area contributed by atoms with Crippen molar-refractivity contribution in [1.29, 1.82) is 0 Å². The van der Waals surface area contributed by atoms with E-state index < -0.39 is 5.91 Å². The minimum atomic E-state index is -0.566. The summed E-state index contributed by atoms with van der Waals surface area (Å²) in [7, 11) is 0. The molecule has 0 aliphatic carbocycles. The first-order valence-electron chi connectivity index (χ1n) is 4.02. The molecule has 2 aromatic heterocycles. The molecular formula is C10H8N2O2. The van der Waals surface area contributed by atoms with Gasteiger partial charge in [-0.2, -0.15) is 0 Å². The van der Waals surface area contributed by atoms with Crippen LogP contribution in [-0.4, -0.2) is 10.9 Å². The van der Waals surface area contributed by atoms with Gasteiger partial charge in [0, 0.05) is 17.6 Å². The Bertz CT molecular complexity index is 514. The van der Waals surface area contributed by atoms with Crippen molar-refractivity contribution < 1.29 is 9.21 Å². The highest BCUT2D eigenvalue weighted by atomic mass is 16.3. The van der Waals surface area contributed by atoms with Crippen LogP contribution < -0.4 is 5.73 Å². The van der Waals surface area contributed by atoms with Crippen molar-refractivity contribution in [1.82, 2.24) is 4.98 Å². The van der Waals surface area contributed by atoms with Gasteiger partial charge in [-0.15, -0.1) is 0 Å². The van der Waals surface area contributed by atoms with Gasteiger partial charge in [0.05, 0.1) is 0 Å². The van der Waals surface area contributed by atoms with Crippen LogP contribution in [0.15, 0.2) is 29.3 Å². The molecule has 0 atom stereocenters. The second-order valence-electron chi connectivity index (χ2n) is 2.82. The van der Waals surface area contributed by atoms with Gasteiger partial charge in [-0.05, 0) is 12.1 Å². The Kier molecular flexibility index (Phi) is 1.81. The second kappa shape index (κ2) is 2.99. The normalized spacial score (nSPS) is 10.3. The fraction of sp³-hybridized carbons (Fsp3) is 0. The zero-order chi connectivity index (χ0) is 10.1. The van der Waals surface area contributed by atoms with Crippen molar-refractivity contribution in [3.63, 3.8) is 0 Å². The molecule has 0 aliphatic rings. The van der Waals surface area contributed by atoms with Crippen LogP contribution in [0.1, 0.15) is 16.2 Å². The van der Waals surface area contributed by atoms with Gasteiger partial charge in [-0.3, -0.25) is 9.78 Å². The van der Waals surface area contributed by atoms with Gasteiger partial charge in [0.2, 0.25) is 0 Å². The number of primary amides is 1. The molecule has 0 spiro atoms. The zero-order valence-corrected chi connectivity index (χ0v) is 7.36. The van der Waals surface area contributed by atoms with Crippen LogP contribution in [0, 0.1) is 0 Å². The highest BCUT2D eigenvalue weighted by Gasteiger charge is 2.06. The Labute approximate surface area is 80.0 Å². The van der Waals surface area contributed by atoms with Crippen LogP contribution in [0.25, 0.3) is 17.0 Å². The fourth-order valence-corrected chi connectivity index (χ4v) is 1.19. The number of furan rings is 1. The molecule has 1 amide bonds. The van der Waals surface area contributed by atoms with E-state index in [1.54, 1.807) is 18.3 Å². The Morgan fingerprint density at radius 1 is 1.57 bits per heavy atom. The van der Waals surface area contributed by atoms with E-state index >= 15 is 0 Å². The second-order valence-corrected chi connectivity index (χ2v) is 2.82. The minimum Gasteiger partial charge on any atom is -0.457 e. The van der Waals surface area contributed by atoms with E-state index in [1.165, 1.54) is 6.07 Å². The molecule has 0 bridgehead atoms. The molecule has 0 saturated heterocycles. The lowest BCUT2D eigenvalue weighted by atomic mass is 10.3. The zero-order valence-electron chi connectivity index (χ0n) is 7.36. The number of fused-ring (bicyclic) bond motifs is 1. The Morgan fingerprint density at radius 2 is 2.36 bits per heavy atom. The van der Waals surface area contributed by atoms with E-state index in [9.17, 15) is 4.79 Å².